The summed E-state index contributed by atoms with van der Waals surface area (Å²) in [4.78, 5) is 16.3. The number of para-hydroxylation sites is 1. The van der Waals surface area contributed by atoms with Crippen LogP contribution in [0.15, 0.2) is 36.5 Å². The molecule has 0 aliphatic carbocycles. The number of sulfone groups is 1. The fourth-order valence-corrected chi connectivity index (χ4v) is 2.24. The van der Waals surface area contributed by atoms with E-state index >= 15 is 0 Å². The Balaban J connectivity index is 2.02. The van der Waals surface area contributed by atoms with Crippen LogP contribution in [0.5, 0.6) is 0 Å². The van der Waals surface area contributed by atoms with Crippen LogP contribution in [0.25, 0.3) is 10.9 Å². The molecule has 2 rings (SSSR count). The minimum Gasteiger partial charge on any atom is -0.354 e. The van der Waals surface area contributed by atoms with Crippen LogP contribution in [-0.2, 0) is 21.1 Å². The molecule has 0 bridgehead atoms. The molecule has 0 spiro atoms. The fourth-order valence-electron chi connectivity index (χ4n) is 1.90. The van der Waals surface area contributed by atoms with Crippen LogP contribution >= 0.6 is 0 Å². The summed E-state index contributed by atoms with van der Waals surface area (Å²) in [7, 11) is -3.23. The van der Waals surface area contributed by atoms with Gasteiger partial charge in [0.2, 0.25) is 5.91 Å². The van der Waals surface area contributed by atoms with E-state index in [0.29, 0.717) is 0 Å². The van der Waals surface area contributed by atoms with Crippen molar-refractivity contribution in [3.63, 3.8) is 0 Å². The molecule has 0 aliphatic rings. The Morgan fingerprint density at radius 2 is 1.95 bits per heavy atom. The lowest BCUT2D eigenvalue weighted by molar-refractivity contribution is -0.120. The number of carbonyl (C=O) groups excluding carboxylic acids is 1. The molecule has 0 saturated heterocycles. The first-order valence-electron chi connectivity index (χ1n) is 6.99. The minimum absolute atomic E-state index is 0.0890. The molecular weight excluding hydrogens is 300 g/mol. The predicted molar refractivity (Wildman–Crippen MR) is 87.4 cm³/mol. The summed E-state index contributed by atoms with van der Waals surface area (Å²) in [6.45, 7) is 3.28. The van der Waals surface area contributed by atoms with E-state index in [1.54, 1.807) is 20.0 Å². The van der Waals surface area contributed by atoms with E-state index in [0.717, 1.165) is 16.5 Å². The average Bonchev–Trinajstić information content (AvgIpc) is 2.44. The summed E-state index contributed by atoms with van der Waals surface area (Å²) in [5.74, 6) is -0.214. The molecule has 0 unspecified atom stereocenters. The molecule has 0 atom stereocenters. The number of nitrogens with zero attached hydrogens (tertiary/aromatic N) is 1. The second-order valence-electron chi connectivity index (χ2n) is 6.02. The zero-order valence-electron chi connectivity index (χ0n) is 13.0. The van der Waals surface area contributed by atoms with Crippen LogP contribution in [0.3, 0.4) is 0 Å². The molecule has 2 aromatic rings. The molecular formula is C16H20N2O3S. The average molecular weight is 320 g/mol. The Kier molecular flexibility index (Phi) is 4.51. The zero-order valence-corrected chi connectivity index (χ0v) is 13.8. The topological polar surface area (TPSA) is 76.1 Å². The summed E-state index contributed by atoms with van der Waals surface area (Å²) < 4.78 is 22.2. The number of hydrogen-bond acceptors (Lipinski definition) is 4. The second-order valence-corrected chi connectivity index (χ2v) is 8.67. The van der Waals surface area contributed by atoms with Crippen molar-refractivity contribution in [2.45, 2.75) is 25.0 Å². The lowest BCUT2D eigenvalue weighted by atomic mass is 10.1. The van der Waals surface area contributed by atoms with Crippen LogP contribution in [-0.4, -0.2) is 36.9 Å². The van der Waals surface area contributed by atoms with Gasteiger partial charge in [-0.25, -0.2) is 8.42 Å². The first-order valence-corrected chi connectivity index (χ1v) is 8.88. The Morgan fingerprint density at radius 3 is 2.64 bits per heavy atom. The number of pyridine rings is 1. The maximum atomic E-state index is 12.0. The predicted octanol–water partition coefficient (Wildman–Crippen LogP) is 1.72. The van der Waals surface area contributed by atoms with Gasteiger partial charge < -0.3 is 5.32 Å². The highest BCUT2D eigenvalue weighted by Gasteiger charge is 2.30. The third-order valence-corrected chi connectivity index (χ3v) is 5.88. The number of amides is 1. The Bertz CT molecular complexity index is 798. The number of fused-ring (bicyclic) bond motifs is 1. The van der Waals surface area contributed by atoms with Crippen LogP contribution < -0.4 is 5.32 Å². The van der Waals surface area contributed by atoms with Gasteiger partial charge in [0, 0.05) is 24.4 Å². The van der Waals surface area contributed by atoms with Gasteiger partial charge in [-0.3, -0.25) is 9.78 Å². The van der Waals surface area contributed by atoms with E-state index in [2.05, 4.69) is 10.3 Å². The molecule has 1 aromatic heterocycles. The molecule has 6 heteroatoms. The number of hydrogen-bond donors (Lipinski definition) is 1. The summed E-state index contributed by atoms with van der Waals surface area (Å²) in [5, 5.41) is 3.66. The number of carbonyl (C=O) groups is 1. The quantitative estimate of drug-likeness (QED) is 0.910. The molecule has 22 heavy (non-hydrogen) atoms. The van der Waals surface area contributed by atoms with Gasteiger partial charge in [-0.1, -0.05) is 18.2 Å². The Labute approximate surface area is 130 Å². The van der Waals surface area contributed by atoms with Crippen molar-refractivity contribution in [3.05, 3.63) is 42.1 Å². The van der Waals surface area contributed by atoms with Gasteiger partial charge in [0.05, 0.1) is 16.7 Å². The number of benzene rings is 1. The van der Waals surface area contributed by atoms with Gasteiger partial charge >= 0.3 is 0 Å². The molecule has 0 fully saturated rings. The third-order valence-electron chi connectivity index (χ3n) is 3.73. The smallest absolute Gasteiger partial charge is 0.224 e. The molecule has 0 radical (unpaired) electrons. The number of rotatable bonds is 5. The molecule has 1 heterocycles. The minimum atomic E-state index is -3.23. The maximum absolute atomic E-state index is 12.0. The highest BCUT2D eigenvalue weighted by Crippen LogP contribution is 2.15. The Morgan fingerprint density at radius 1 is 1.27 bits per heavy atom. The SMILES string of the molecule is CC(C)(CNC(=O)Cc1cnc2ccccc2c1)S(C)(=O)=O. The molecule has 5 nitrogen and oxygen atoms in total. The Hall–Kier alpha value is -1.95. The largest absolute Gasteiger partial charge is 0.354 e. The van der Waals surface area contributed by atoms with Crippen molar-refractivity contribution in [2.75, 3.05) is 12.8 Å². The van der Waals surface area contributed by atoms with E-state index < -0.39 is 14.6 Å². The zero-order chi connectivity index (χ0) is 16.4. The summed E-state index contributed by atoms with van der Waals surface area (Å²) in [5.41, 5.74) is 1.68. The molecule has 1 N–H and O–H groups in total. The van der Waals surface area contributed by atoms with Crippen molar-refractivity contribution in [2.24, 2.45) is 0 Å². The van der Waals surface area contributed by atoms with Crippen molar-refractivity contribution >= 4 is 26.6 Å². The lowest BCUT2D eigenvalue weighted by Gasteiger charge is -2.22. The fraction of sp³-hybridized carbons (Fsp3) is 0.375. The molecule has 118 valence electrons. The van der Waals surface area contributed by atoms with E-state index in [9.17, 15) is 13.2 Å². The molecule has 0 saturated carbocycles. The van der Waals surface area contributed by atoms with Gasteiger partial charge in [0.25, 0.3) is 0 Å². The van der Waals surface area contributed by atoms with Gasteiger partial charge in [0.15, 0.2) is 9.84 Å². The number of aromatic nitrogens is 1. The van der Waals surface area contributed by atoms with Crippen LogP contribution in [0.1, 0.15) is 19.4 Å². The monoisotopic (exact) mass is 320 g/mol. The summed E-state index contributed by atoms with van der Waals surface area (Å²) >= 11 is 0. The van der Waals surface area contributed by atoms with Crippen LogP contribution in [0, 0.1) is 0 Å². The first-order chi connectivity index (χ1) is 10.2. The lowest BCUT2D eigenvalue weighted by Crippen LogP contribution is -2.44. The van der Waals surface area contributed by atoms with E-state index in [4.69, 9.17) is 0 Å². The van der Waals surface area contributed by atoms with E-state index in [-0.39, 0.29) is 18.9 Å². The summed E-state index contributed by atoms with van der Waals surface area (Å²) in [6.07, 6.45) is 3.02. The first kappa shape index (κ1) is 16.4. The molecule has 1 aromatic carbocycles. The second kappa shape index (κ2) is 6.04. The maximum Gasteiger partial charge on any atom is 0.224 e. The van der Waals surface area contributed by atoms with Crippen molar-refractivity contribution in [3.8, 4) is 0 Å². The van der Waals surface area contributed by atoms with E-state index in [1.807, 2.05) is 30.3 Å². The highest BCUT2D eigenvalue weighted by molar-refractivity contribution is 7.92. The van der Waals surface area contributed by atoms with Gasteiger partial charge in [-0.2, -0.15) is 0 Å². The summed E-state index contributed by atoms with van der Waals surface area (Å²) in [6, 6.07) is 9.60. The van der Waals surface area contributed by atoms with Gasteiger partial charge in [0.1, 0.15) is 0 Å². The van der Waals surface area contributed by atoms with Crippen LogP contribution in [0.2, 0.25) is 0 Å². The van der Waals surface area contributed by atoms with Crippen LogP contribution in [0.4, 0.5) is 0 Å². The molecule has 0 aliphatic heterocycles. The van der Waals surface area contributed by atoms with Gasteiger partial charge in [-0.05, 0) is 31.5 Å². The van der Waals surface area contributed by atoms with Crippen molar-refractivity contribution < 1.29 is 13.2 Å². The normalized spacial score (nSPS) is 12.3. The third kappa shape index (κ3) is 3.82. The molecule has 1 amide bonds. The van der Waals surface area contributed by atoms with Crippen molar-refractivity contribution in [1.29, 1.82) is 0 Å². The number of nitrogens with one attached hydrogen (secondary N) is 1. The highest BCUT2D eigenvalue weighted by atomic mass is 32.2. The van der Waals surface area contributed by atoms with Crippen molar-refractivity contribution in [1.82, 2.24) is 10.3 Å². The van der Waals surface area contributed by atoms with E-state index in [1.165, 1.54) is 6.26 Å². The van der Waals surface area contributed by atoms with Gasteiger partial charge in [-0.15, -0.1) is 0 Å². The standard InChI is InChI=1S/C16H20N2O3S/c1-16(2,22(3,20)21)11-18-15(19)9-12-8-13-6-4-5-7-14(13)17-10-12/h4-8,10H,9,11H2,1-3H3,(H,18,19).